The molecule has 0 atom stereocenters. The van der Waals surface area contributed by atoms with Crippen LogP contribution in [0.2, 0.25) is 0 Å². The number of phenols is 1. The maximum absolute atomic E-state index is 11.7. The van der Waals surface area contributed by atoms with Crippen LogP contribution < -0.4 is 10.1 Å². The van der Waals surface area contributed by atoms with Crippen molar-refractivity contribution in [1.29, 1.82) is 0 Å². The molecule has 0 unspecified atom stereocenters. The lowest BCUT2D eigenvalue weighted by molar-refractivity contribution is -0.116. The molecule has 4 nitrogen and oxygen atoms in total. The molecule has 2 aromatic rings. The van der Waals surface area contributed by atoms with Gasteiger partial charge in [0, 0.05) is 12.6 Å². The minimum atomic E-state index is -0.137. The summed E-state index contributed by atoms with van der Waals surface area (Å²) in [4.78, 5) is 11.7. The van der Waals surface area contributed by atoms with Crippen LogP contribution in [-0.2, 0) is 11.2 Å². The van der Waals surface area contributed by atoms with E-state index in [2.05, 4.69) is 5.32 Å². The predicted molar refractivity (Wildman–Crippen MR) is 86.8 cm³/mol. The van der Waals surface area contributed by atoms with Gasteiger partial charge in [-0.1, -0.05) is 24.3 Å². The summed E-state index contributed by atoms with van der Waals surface area (Å²) in [5.41, 5.74) is 2.01. The van der Waals surface area contributed by atoms with Crippen LogP contribution in [0.5, 0.6) is 11.5 Å². The van der Waals surface area contributed by atoms with Crippen molar-refractivity contribution < 1.29 is 14.6 Å². The first-order valence-electron chi connectivity index (χ1n) is 7.05. The lowest BCUT2D eigenvalue weighted by atomic mass is 10.1. The number of benzene rings is 2. The van der Waals surface area contributed by atoms with Crippen LogP contribution in [0.25, 0.3) is 6.08 Å². The second-order valence-corrected chi connectivity index (χ2v) is 4.81. The van der Waals surface area contributed by atoms with Crippen molar-refractivity contribution in [2.45, 2.75) is 6.42 Å². The Balaban J connectivity index is 1.76. The molecule has 0 spiro atoms. The maximum atomic E-state index is 11.7. The number of carbonyl (C=O) groups is 1. The van der Waals surface area contributed by atoms with E-state index < -0.39 is 0 Å². The Hall–Kier alpha value is -2.75. The Morgan fingerprint density at radius 2 is 1.82 bits per heavy atom. The summed E-state index contributed by atoms with van der Waals surface area (Å²) in [5, 5.41) is 12.0. The molecule has 0 saturated carbocycles. The molecule has 0 aliphatic rings. The number of phenolic OH excluding ortho intramolecular Hbond substituents is 1. The van der Waals surface area contributed by atoms with Crippen molar-refractivity contribution in [3.8, 4) is 11.5 Å². The van der Waals surface area contributed by atoms with Gasteiger partial charge >= 0.3 is 0 Å². The summed E-state index contributed by atoms with van der Waals surface area (Å²) in [5.74, 6) is 0.896. The second-order valence-electron chi connectivity index (χ2n) is 4.81. The summed E-state index contributed by atoms with van der Waals surface area (Å²) in [6.07, 6.45) is 3.96. The van der Waals surface area contributed by atoms with Crippen molar-refractivity contribution in [3.05, 3.63) is 65.7 Å². The molecule has 4 heteroatoms. The van der Waals surface area contributed by atoms with E-state index in [0.29, 0.717) is 6.54 Å². The number of aromatic hydroxyl groups is 1. The Bertz CT molecular complexity index is 630. The number of nitrogens with one attached hydrogen (secondary N) is 1. The normalized spacial score (nSPS) is 10.6. The fourth-order valence-corrected chi connectivity index (χ4v) is 1.94. The van der Waals surface area contributed by atoms with Crippen molar-refractivity contribution in [2.75, 3.05) is 13.7 Å². The SMILES string of the molecule is COc1ccc(CCNC(=O)/C=C/c2ccc(O)cc2)cc1. The molecular formula is C18H19NO3. The Kier molecular flexibility index (Phi) is 5.60. The zero-order valence-electron chi connectivity index (χ0n) is 12.5. The predicted octanol–water partition coefficient (Wildman–Crippen LogP) is 2.77. The Labute approximate surface area is 130 Å². The van der Waals surface area contributed by atoms with Gasteiger partial charge in [0.2, 0.25) is 5.91 Å². The molecule has 2 N–H and O–H groups in total. The molecule has 22 heavy (non-hydrogen) atoms. The van der Waals surface area contributed by atoms with Gasteiger partial charge in [0.25, 0.3) is 0 Å². The number of carbonyl (C=O) groups excluding carboxylic acids is 1. The van der Waals surface area contributed by atoms with Gasteiger partial charge in [0.05, 0.1) is 7.11 Å². The topological polar surface area (TPSA) is 58.6 Å². The molecule has 0 radical (unpaired) electrons. The zero-order valence-corrected chi connectivity index (χ0v) is 12.5. The molecule has 2 aromatic carbocycles. The van der Waals surface area contributed by atoms with Crippen molar-refractivity contribution in [2.24, 2.45) is 0 Å². The Morgan fingerprint density at radius 1 is 1.14 bits per heavy atom. The van der Waals surface area contributed by atoms with E-state index in [0.717, 1.165) is 23.3 Å². The van der Waals surface area contributed by atoms with Crippen LogP contribution >= 0.6 is 0 Å². The van der Waals surface area contributed by atoms with Crippen LogP contribution in [0.3, 0.4) is 0 Å². The summed E-state index contributed by atoms with van der Waals surface area (Å²) in [6.45, 7) is 0.574. The molecule has 0 heterocycles. The molecule has 0 fully saturated rings. The number of rotatable bonds is 6. The van der Waals surface area contributed by atoms with Gasteiger partial charge in [-0.25, -0.2) is 0 Å². The molecular weight excluding hydrogens is 278 g/mol. The first-order valence-corrected chi connectivity index (χ1v) is 7.05. The molecule has 0 aliphatic heterocycles. The van der Waals surface area contributed by atoms with Gasteiger partial charge in [0.15, 0.2) is 0 Å². The highest BCUT2D eigenvalue weighted by Crippen LogP contribution is 2.12. The van der Waals surface area contributed by atoms with E-state index in [-0.39, 0.29) is 11.7 Å². The lowest BCUT2D eigenvalue weighted by Crippen LogP contribution is -2.23. The van der Waals surface area contributed by atoms with Gasteiger partial charge in [-0.2, -0.15) is 0 Å². The van der Waals surface area contributed by atoms with Gasteiger partial charge in [-0.05, 0) is 47.9 Å². The first-order chi connectivity index (χ1) is 10.7. The van der Waals surface area contributed by atoms with Crippen LogP contribution in [0.1, 0.15) is 11.1 Å². The van der Waals surface area contributed by atoms with Crippen molar-refractivity contribution >= 4 is 12.0 Å². The molecule has 0 aliphatic carbocycles. The molecule has 0 bridgehead atoms. The minimum Gasteiger partial charge on any atom is -0.508 e. The smallest absolute Gasteiger partial charge is 0.244 e. The van der Waals surface area contributed by atoms with Crippen LogP contribution in [-0.4, -0.2) is 24.7 Å². The van der Waals surface area contributed by atoms with Crippen molar-refractivity contribution in [3.63, 3.8) is 0 Å². The molecule has 1 amide bonds. The number of ether oxygens (including phenoxy) is 1. The van der Waals surface area contributed by atoms with Crippen molar-refractivity contribution in [1.82, 2.24) is 5.32 Å². The van der Waals surface area contributed by atoms with E-state index >= 15 is 0 Å². The minimum absolute atomic E-state index is 0.137. The number of amides is 1. The Morgan fingerprint density at radius 3 is 2.45 bits per heavy atom. The number of hydrogen-bond donors (Lipinski definition) is 2. The molecule has 114 valence electrons. The third-order valence-corrected chi connectivity index (χ3v) is 3.19. The average molecular weight is 297 g/mol. The lowest BCUT2D eigenvalue weighted by Gasteiger charge is -2.04. The maximum Gasteiger partial charge on any atom is 0.244 e. The van der Waals surface area contributed by atoms with Gasteiger partial charge in [0.1, 0.15) is 11.5 Å². The third kappa shape index (κ3) is 4.98. The summed E-state index contributed by atoms with van der Waals surface area (Å²) >= 11 is 0. The standard InChI is InChI=1S/C18H19NO3/c1-22-17-9-4-15(5-10-17)12-13-19-18(21)11-6-14-2-7-16(20)8-3-14/h2-11,20H,12-13H2,1H3,(H,19,21)/b11-6+. The highest BCUT2D eigenvalue weighted by atomic mass is 16.5. The fourth-order valence-electron chi connectivity index (χ4n) is 1.94. The van der Waals surface area contributed by atoms with Gasteiger partial charge < -0.3 is 15.2 Å². The van der Waals surface area contributed by atoms with E-state index in [1.807, 2.05) is 24.3 Å². The second kappa shape index (κ2) is 7.88. The summed E-state index contributed by atoms with van der Waals surface area (Å²) in [7, 11) is 1.63. The molecule has 2 rings (SSSR count). The van der Waals surface area contributed by atoms with Crippen LogP contribution in [0, 0.1) is 0 Å². The fraction of sp³-hybridized carbons (Fsp3) is 0.167. The monoisotopic (exact) mass is 297 g/mol. The first kappa shape index (κ1) is 15.6. The molecule has 0 saturated heterocycles. The van der Waals surface area contributed by atoms with Crippen LogP contribution in [0.4, 0.5) is 0 Å². The number of methoxy groups -OCH3 is 1. The number of hydrogen-bond acceptors (Lipinski definition) is 3. The van der Waals surface area contributed by atoms with E-state index in [4.69, 9.17) is 4.74 Å². The zero-order chi connectivity index (χ0) is 15.8. The van der Waals surface area contributed by atoms with E-state index in [9.17, 15) is 9.90 Å². The van der Waals surface area contributed by atoms with E-state index in [1.165, 1.54) is 6.08 Å². The van der Waals surface area contributed by atoms with Crippen LogP contribution in [0.15, 0.2) is 54.6 Å². The highest BCUT2D eigenvalue weighted by Gasteiger charge is 1.98. The molecule has 0 aromatic heterocycles. The highest BCUT2D eigenvalue weighted by molar-refractivity contribution is 5.91. The van der Waals surface area contributed by atoms with Gasteiger partial charge in [-0.3, -0.25) is 4.79 Å². The third-order valence-electron chi connectivity index (χ3n) is 3.19. The summed E-state index contributed by atoms with van der Waals surface area (Å²) in [6, 6.07) is 14.4. The largest absolute Gasteiger partial charge is 0.508 e. The van der Waals surface area contributed by atoms with E-state index in [1.54, 1.807) is 37.5 Å². The van der Waals surface area contributed by atoms with Gasteiger partial charge in [-0.15, -0.1) is 0 Å². The average Bonchev–Trinajstić information content (AvgIpc) is 2.55. The summed E-state index contributed by atoms with van der Waals surface area (Å²) < 4.78 is 5.10. The quantitative estimate of drug-likeness (QED) is 0.806.